The number of aliphatic hydroxyl groups excluding tert-OH is 1. The maximum atomic E-state index is 11.7. The van der Waals surface area contributed by atoms with Crippen LogP contribution in [0.15, 0.2) is 12.1 Å². The zero-order valence-electron chi connectivity index (χ0n) is 8.32. The average molecular weight is 204 g/mol. The molecule has 1 aliphatic carbocycles. The van der Waals surface area contributed by atoms with Gasteiger partial charge in [0.05, 0.1) is 13.2 Å². The van der Waals surface area contributed by atoms with Crippen LogP contribution in [0.3, 0.4) is 0 Å². The van der Waals surface area contributed by atoms with Gasteiger partial charge < -0.3 is 9.84 Å². The van der Waals surface area contributed by atoms with E-state index in [9.17, 15) is 9.90 Å². The number of fused-ring (bicyclic) bond motifs is 3. The van der Waals surface area contributed by atoms with E-state index in [1.807, 2.05) is 12.1 Å². The van der Waals surface area contributed by atoms with Crippen molar-refractivity contribution >= 4 is 5.78 Å². The van der Waals surface area contributed by atoms with Crippen molar-refractivity contribution in [1.29, 1.82) is 0 Å². The number of carbonyl (C=O) groups is 1. The molecule has 0 radical (unpaired) electrons. The van der Waals surface area contributed by atoms with E-state index < -0.39 is 0 Å². The number of ether oxygens (including phenoxy) is 1. The van der Waals surface area contributed by atoms with Crippen LogP contribution in [-0.4, -0.2) is 24.1 Å². The van der Waals surface area contributed by atoms with Crippen molar-refractivity contribution in [3.63, 3.8) is 0 Å². The monoisotopic (exact) mass is 204 g/mol. The van der Waals surface area contributed by atoms with Crippen molar-refractivity contribution in [3.05, 3.63) is 28.8 Å². The third-order valence-corrected chi connectivity index (χ3v) is 3.28. The SMILES string of the molecule is O=C1CC(CO)c2c1ccc1c2CCO1. The summed E-state index contributed by atoms with van der Waals surface area (Å²) in [5.74, 6) is 1.03. The molecule has 15 heavy (non-hydrogen) atoms. The third-order valence-electron chi connectivity index (χ3n) is 3.28. The van der Waals surface area contributed by atoms with Gasteiger partial charge in [-0.15, -0.1) is 0 Å². The number of Topliss-reactive ketones (excluding diaryl/α,β-unsaturated/α-hetero) is 1. The van der Waals surface area contributed by atoms with Crippen LogP contribution in [0.2, 0.25) is 0 Å². The lowest BCUT2D eigenvalue weighted by Gasteiger charge is -2.10. The number of carbonyl (C=O) groups excluding carboxylic acids is 1. The van der Waals surface area contributed by atoms with Gasteiger partial charge >= 0.3 is 0 Å². The fourth-order valence-electron chi connectivity index (χ4n) is 2.60. The Labute approximate surface area is 87.7 Å². The molecule has 0 spiro atoms. The largest absolute Gasteiger partial charge is 0.493 e. The summed E-state index contributed by atoms with van der Waals surface area (Å²) in [7, 11) is 0. The lowest BCUT2D eigenvalue weighted by atomic mass is 9.95. The Bertz CT molecular complexity index is 437. The molecule has 0 amide bonds. The van der Waals surface area contributed by atoms with Crippen LogP contribution in [0, 0.1) is 0 Å². The van der Waals surface area contributed by atoms with Crippen LogP contribution in [0.25, 0.3) is 0 Å². The van der Waals surface area contributed by atoms with Crippen molar-refractivity contribution in [3.8, 4) is 5.75 Å². The lowest BCUT2D eigenvalue weighted by molar-refractivity contribution is 0.0980. The van der Waals surface area contributed by atoms with Crippen molar-refractivity contribution in [2.24, 2.45) is 0 Å². The van der Waals surface area contributed by atoms with Gasteiger partial charge in [0.2, 0.25) is 0 Å². The lowest BCUT2D eigenvalue weighted by Crippen LogP contribution is -2.02. The van der Waals surface area contributed by atoms with Gasteiger partial charge in [-0.1, -0.05) is 0 Å². The molecule has 1 N–H and O–H groups in total. The molecule has 3 rings (SSSR count). The Morgan fingerprint density at radius 1 is 1.47 bits per heavy atom. The van der Waals surface area contributed by atoms with Gasteiger partial charge in [0.15, 0.2) is 5.78 Å². The molecule has 1 unspecified atom stereocenters. The Morgan fingerprint density at radius 3 is 3.13 bits per heavy atom. The summed E-state index contributed by atoms with van der Waals surface area (Å²) >= 11 is 0. The molecule has 78 valence electrons. The number of hydrogen-bond donors (Lipinski definition) is 1. The van der Waals surface area contributed by atoms with Gasteiger partial charge in [-0.3, -0.25) is 4.79 Å². The average Bonchev–Trinajstić information content (AvgIpc) is 2.81. The Hall–Kier alpha value is -1.35. The van der Waals surface area contributed by atoms with Crippen LogP contribution < -0.4 is 4.74 Å². The molecule has 0 saturated carbocycles. The van der Waals surface area contributed by atoms with E-state index >= 15 is 0 Å². The second-order valence-corrected chi connectivity index (χ2v) is 4.11. The summed E-state index contributed by atoms with van der Waals surface area (Å²) in [6.07, 6.45) is 1.31. The van der Waals surface area contributed by atoms with E-state index in [2.05, 4.69) is 0 Å². The molecule has 1 aliphatic heterocycles. The molecule has 3 nitrogen and oxygen atoms in total. The number of rotatable bonds is 1. The molecule has 1 heterocycles. The smallest absolute Gasteiger partial charge is 0.163 e. The Kier molecular flexibility index (Phi) is 1.83. The van der Waals surface area contributed by atoms with Gasteiger partial charge in [0.25, 0.3) is 0 Å². The molecule has 1 aromatic rings. The fraction of sp³-hybridized carbons (Fsp3) is 0.417. The highest BCUT2D eigenvalue weighted by molar-refractivity contribution is 6.02. The highest BCUT2D eigenvalue weighted by atomic mass is 16.5. The first-order valence-corrected chi connectivity index (χ1v) is 5.24. The summed E-state index contributed by atoms with van der Waals surface area (Å²) in [6, 6.07) is 3.70. The van der Waals surface area contributed by atoms with E-state index in [0.29, 0.717) is 13.0 Å². The summed E-state index contributed by atoms with van der Waals surface area (Å²) < 4.78 is 5.46. The zero-order valence-corrected chi connectivity index (χ0v) is 8.32. The number of hydrogen-bond acceptors (Lipinski definition) is 3. The topological polar surface area (TPSA) is 46.5 Å². The highest BCUT2D eigenvalue weighted by Crippen LogP contribution is 2.41. The maximum absolute atomic E-state index is 11.7. The van der Waals surface area contributed by atoms with E-state index in [0.717, 1.165) is 28.9 Å². The number of aliphatic hydroxyl groups is 1. The highest BCUT2D eigenvalue weighted by Gasteiger charge is 2.33. The number of benzene rings is 1. The fourth-order valence-corrected chi connectivity index (χ4v) is 2.60. The predicted molar refractivity (Wildman–Crippen MR) is 54.4 cm³/mol. The predicted octanol–water partition coefficient (Wildman–Crippen LogP) is 1.28. The van der Waals surface area contributed by atoms with Gasteiger partial charge in [-0.2, -0.15) is 0 Å². The van der Waals surface area contributed by atoms with Crippen molar-refractivity contribution < 1.29 is 14.6 Å². The minimum Gasteiger partial charge on any atom is -0.493 e. The zero-order chi connectivity index (χ0) is 10.4. The summed E-state index contributed by atoms with van der Waals surface area (Å²) in [6.45, 7) is 0.743. The minimum atomic E-state index is -0.0100. The second kappa shape index (κ2) is 3.07. The molecule has 0 bridgehead atoms. The molecule has 3 heteroatoms. The normalized spacial score (nSPS) is 22.5. The van der Waals surface area contributed by atoms with Crippen LogP contribution in [0.4, 0.5) is 0 Å². The molecular weight excluding hydrogens is 192 g/mol. The quantitative estimate of drug-likeness (QED) is 0.749. The molecular formula is C12H12O3. The van der Waals surface area contributed by atoms with E-state index in [1.165, 1.54) is 0 Å². The second-order valence-electron chi connectivity index (χ2n) is 4.11. The molecule has 0 fully saturated rings. The van der Waals surface area contributed by atoms with Crippen molar-refractivity contribution in [2.45, 2.75) is 18.8 Å². The standard InChI is InChI=1S/C12H12O3/c13-6-7-5-10(14)8-1-2-11-9(12(7)8)3-4-15-11/h1-2,7,13H,3-6H2. The molecule has 1 atom stereocenters. The van der Waals surface area contributed by atoms with Gasteiger partial charge in [0.1, 0.15) is 5.75 Å². The first kappa shape index (κ1) is 8.92. The molecule has 2 aliphatic rings. The summed E-state index contributed by atoms with van der Waals surface area (Å²) in [5.41, 5.74) is 2.97. The van der Waals surface area contributed by atoms with Crippen molar-refractivity contribution in [1.82, 2.24) is 0 Å². The van der Waals surface area contributed by atoms with Crippen LogP contribution >= 0.6 is 0 Å². The van der Waals surface area contributed by atoms with Crippen LogP contribution in [0.1, 0.15) is 33.8 Å². The molecule has 0 aromatic heterocycles. The Morgan fingerprint density at radius 2 is 2.33 bits per heavy atom. The third kappa shape index (κ3) is 1.13. The van der Waals surface area contributed by atoms with E-state index in [4.69, 9.17) is 4.74 Å². The Balaban J connectivity index is 2.22. The summed E-state index contributed by atoms with van der Waals surface area (Å²) in [4.78, 5) is 11.7. The van der Waals surface area contributed by atoms with Crippen molar-refractivity contribution in [2.75, 3.05) is 13.2 Å². The first-order valence-electron chi connectivity index (χ1n) is 5.24. The molecule has 0 saturated heterocycles. The van der Waals surface area contributed by atoms with Crippen LogP contribution in [-0.2, 0) is 6.42 Å². The van der Waals surface area contributed by atoms with E-state index in [-0.39, 0.29) is 18.3 Å². The van der Waals surface area contributed by atoms with E-state index in [1.54, 1.807) is 0 Å². The van der Waals surface area contributed by atoms with Gasteiger partial charge in [-0.25, -0.2) is 0 Å². The van der Waals surface area contributed by atoms with Crippen LogP contribution in [0.5, 0.6) is 5.75 Å². The number of ketones is 1. The van der Waals surface area contributed by atoms with Gasteiger partial charge in [-0.05, 0) is 17.7 Å². The van der Waals surface area contributed by atoms with Gasteiger partial charge in [0, 0.05) is 29.9 Å². The minimum absolute atomic E-state index is 0.0100. The first-order chi connectivity index (χ1) is 7.31. The molecule has 1 aromatic carbocycles. The summed E-state index contributed by atoms with van der Waals surface area (Å²) in [5, 5.41) is 9.27. The maximum Gasteiger partial charge on any atom is 0.163 e.